The molecule has 0 fully saturated rings. The minimum absolute atomic E-state index is 0.303. The van der Waals surface area contributed by atoms with Gasteiger partial charge in [0, 0.05) is 46.0 Å². The van der Waals surface area contributed by atoms with Gasteiger partial charge in [-0.25, -0.2) is 0 Å². The highest BCUT2D eigenvalue weighted by molar-refractivity contribution is 6.36. The van der Waals surface area contributed by atoms with Gasteiger partial charge in [-0.2, -0.15) is 0 Å². The SMILES string of the molecule is CCOCCCNCc1cc(Cl)ccc1OCc1c(Cl)cccc1Cl. The van der Waals surface area contributed by atoms with E-state index in [1.165, 1.54) is 0 Å². The monoisotopic (exact) mass is 401 g/mol. The predicted molar refractivity (Wildman–Crippen MR) is 105 cm³/mol. The summed E-state index contributed by atoms with van der Waals surface area (Å²) in [5.74, 6) is 0.762. The van der Waals surface area contributed by atoms with Gasteiger partial charge < -0.3 is 14.8 Å². The van der Waals surface area contributed by atoms with E-state index in [0.717, 1.165) is 43.1 Å². The van der Waals surface area contributed by atoms with Gasteiger partial charge in [-0.15, -0.1) is 0 Å². The first-order chi connectivity index (χ1) is 12.1. The van der Waals surface area contributed by atoms with E-state index in [1.807, 2.05) is 31.2 Å². The van der Waals surface area contributed by atoms with Crippen molar-refractivity contribution in [2.45, 2.75) is 26.5 Å². The molecule has 25 heavy (non-hydrogen) atoms. The van der Waals surface area contributed by atoms with Crippen molar-refractivity contribution in [3.8, 4) is 5.75 Å². The average Bonchev–Trinajstić information content (AvgIpc) is 2.59. The molecule has 0 aliphatic carbocycles. The maximum absolute atomic E-state index is 6.20. The lowest BCUT2D eigenvalue weighted by atomic mass is 10.2. The Labute approximate surface area is 164 Å². The number of halogens is 3. The molecule has 0 saturated heterocycles. The molecular formula is C19H22Cl3NO2. The fourth-order valence-corrected chi connectivity index (χ4v) is 3.02. The second kappa shape index (κ2) is 10.9. The molecule has 0 saturated carbocycles. The maximum Gasteiger partial charge on any atom is 0.124 e. The van der Waals surface area contributed by atoms with Crippen LogP contribution in [0, 0.1) is 0 Å². The molecule has 0 radical (unpaired) electrons. The summed E-state index contributed by atoms with van der Waals surface area (Å²) >= 11 is 18.5. The summed E-state index contributed by atoms with van der Waals surface area (Å²) in [5, 5.41) is 5.24. The minimum Gasteiger partial charge on any atom is -0.488 e. The highest BCUT2D eigenvalue weighted by atomic mass is 35.5. The van der Waals surface area contributed by atoms with Crippen LogP contribution in [-0.4, -0.2) is 19.8 Å². The number of benzene rings is 2. The van der Waals surface area contributed by atoms with Crippen molar-refractivity contribution in [2.75, 3.05) is 19.8 Å². The smallest absolute Gasteiger partial charge is 0.124 e. The molecule has 0 aliphatic rings. The Hall–Kier alpha value is -0.970. The van der Waals surface area contributed by atoms with Crippen molar-refractivity contribution in [2.24, 2.45) is 0 Å². The number of rotatable bonds is 10. The molecule has 1 N–H and O–H groups in total. The Morgan fingerprint density at radius 2 is 1.80 bits per heavy atom. The second-order valence-corrected chi connectivity index (χ2v) is 6.72. The van der Waals surface area contributed by atoms with Gasteiger partial charge >= 0.3 is 0 Å². The van der Waals surface area contributed by atoms with E-state index < -0.39 is 0 Å². The van der Waals surface area contributed by atoms with Crippen molar-refractivity contribution in [1.82, 2.24) is 5.32 Å². The molecule has 2 aromatic rings. The van der Waals surface area contributed by atoms with Crippen LogP contribution < -0.4 is 10.1 Å². The summed E-state index contributed by atoms with van der Waals surface area (Å²) in [6.45, 7) is 5.33. The zero-order valence-corrected chi connectivity index (χ0v) is 16.4. The van der Waals surface area contributed by atoms with Gasteiger partial charge in [0.15, 0.2) is 0 Å². The van der Waals surface area contributed by atoms with Crippen molar-refractivity contribution < 1.29 is 9.47 Å². The highest BCUT2D eigenvalue weighted by Crippen LogP contribution is 2.28. The van der Waals surface area contributed by atoms with Gasteiger partial charge in [0.2, 0.25) is 0 Å². The normalized spacial score (nSPS) is 10.9. The first kappa shape index (κ1) is 20.3. The molecule has 0 bridgehead atoms. The van der Waals surface area contributed by atoms with Crippen molar-refractivity contribution >= 4 is 34.8 Å². The van der Waals surface area contributed by atoms with Crippen LogP contribution in [0.25, 0.3) is 0 Å². The average molecular weight is 403 g/mol. The molecule has 0 aromatic heterocycles. The van der Waals surface area contributed by atoms with Gasteiger partial charge in [0.25, 0.3) is 0 Å². The maximum atomic E-state index is 6.20. The topological polar surface area (TPSA) is 30.5 Å². The first-order valence-electron chi connectivity index (χ1n) is 8.24. The van der Waals surface area contributed by atoms with Crippen molar-refractivity contribution in [3.63, 3.8) is 0 Å². The molecule has 2 aromatic carbocycles. The van der Waals surface area contributed by atoms with E-state index >= 15 is 0 Å². The molecule has 6 heteroatoms. The molecule has 0 spiro atoms. The highest BCUT2D eigenvalue weighted by Gasteiger charge is 2.09. The third-order valence-electron chi connectivity index (χ3n) is 3.62. The van der Waals surface area contributed by atoms with Crippen LogP contribution in [0.5, 0.6) is 5.75 Å². The van der Waals surface area contributed by atoms with Crippen LogP contribution in [0.3, 0.4) is 0 Å². The Morgan fingerprint density at radius 3 is 2.52 bits per heavy atom. The van der Waals surface area contributed by atoms with E-state index in [1.54, 1.807) is 12.1 Å². The minimum atomic E-state index is 0.303. The Morgan fingerprint density at radius 1 is 1.04 bits per heavy atom. The zero-order chi connectivity index (χ0) is 18.1. The van der Waals surface area contributed by atoms with Crippen LogP contribution >= 0.6 is 34.8 Å². The summed E-state index contributed by atoms with van der Waals surface area (Å²) in [5.41, 5.74) is 1.77. The van der Waals surface area contributed by atoms with Crippen LogP contribution in [0.15, 0.2) is 36.4 Å². The van der Waals surface area contributed by atoms with Crippen LogP contribution in [0.2, 0.25) is 15.1 Å². The van der Waals surface area contributed by atoms with E-state index in [2.05, 4.69) is 5.32 Å². The van der Waals surface area contributed by atoms with E-state index in [9.17, 15) is 0 Å². The quantitative estimate of drug-likeness (QED) is 0.514. The lowest BCUT2D eigenvalue weighted by molar-refractivity contribution is 0.144. The molecule has 2 rings (SSSR count). The molecule has 0 atom stereocenters. The predicted octanol–water partition coefficient (Wildman–Crippen LogP) is 5.74. The summed E-state index contributed by atoms with van der Waals surface area (Å²) in [6, 6.07) is 11.0. The summed E-state index contributed by atoms with van der Waals surface area (Å²) in [6.07, 6.45) is 0.958. The summed E-state index contributed by atoms with van der Waals surface area (Å²) < 4.78 is 11.3. The van der Waals surface area contributed by atoms with Gasteiger partial charge in [-0.3, -0.25) is 0 Å². The lowest BCUT2D eigenvalue weighted by Crippen LogP contribution is -2.17. The van der Waals surface area contributed by atoms with Gasteiger partial charge in [-0.05, 0) is 50.2 Å². The van der Waals surface area contributed by atoms with Crippen LogP contribution in [0.4, 0.5) is 0 Å². The number of ether oxygens (including phenoxy) is 2. The number of hydrogen-bond donors (Lipinski definition) is 1. The first-order valence-corrected chi connectivity index (χ1v) is 9.37. The third kappa shape index (κ3) is 6.69. The molecule has 0 amide bonds. The molecular weight excluding hydrogens is 381 g/mol. The summed E-state index contributed by atoms with van der Waals surface area (Å²) in [4.78, 5) is 0. The number of nitrogens with one attached hydrogen (secondary N) is 1. The number of hydrogen-bond acceptors (Lipinski definition) is 3. The van der Waals surface area contributed by atoms with E-state index in [0.29, 0.717) is 28.2 Å². The fourth-order valence-electron chi connectivity index (χ4n) is 2.31. The lowest BCUT2D eigenvalue weighted by Gasteiger charge is -2.14. The van der Waals surface area contributed by atoms with Crippen LogP contribution in [0.1, 0.15) is 24.5 Å². The Kier molecular flexibility index (Phi) is 8.87. The van der Waals surface area contributed by atoms with E-state index in [-0.39, 0.29) is 0 Å². The van der Waals surface area contributed by atoms with Crippen LogP contribution in [-0.2, 0) is 17.9 Å². The second-order valence-electron chi connectivity index (χ2n) is 5.47. The summed E-state index contributed by atoms with van der Waals surface area (Å²) in [7, 11) is 0. The molecule has 0 aliphatic heterocycles. The molecule has 136 valence electrons. The Bertz CT molecular complexity index is 659. The molecule has 0 heterocycles. The van der Waals surface area contributed by atoms with Gasteiger partial charge in [0.1, 0.15) is 12.4 Å². The third-order valence-corrected chi connectivity index (χ3v) is 4.56. The van der Waals surface area contributed by atoms with E-state index in [4.69, 9.17) is 44.3 Å². The standard InChI is InChI=1S/C19H22Cl3NO2/c1-2-24-10-4-9-23-12-14-11-15(20)7-8-19(14)25-13-16-17(21)5-3-6-18(16)22/h3,5-8,11,23H,2,4,9-10,12-13H2,1H3. The Balaban J connectivity index is 1.96. The van der Waals surface area contributed by atoms with Gasteiger partial charge in [-0.1, -0.05) is 40.9 Å². The van der Waals surface area contributed by atoms with Crippen molar-refractivity contribution in [3.05, 3.63) is 62.6 Å². The fraction of sp³-hybridized carbons (Fsp3) is 0.368. The zero-order valence-electron chi connectivity index (χ0n) is 14.2. The van der Waals surface area contributed by atoms with Crippen molar-refractivity contribution in [1.29, 1.82) is 0 Å². The molecule has 3 nitrogen and oxygen atoms in total. The molecule has 0 unspecified atom stereocenters. The largest absolute Gasteiger partial charge is 0.488 e. The van der Waals surface area contributed by atoms with Gasteiger partial charge in [0.05, 0.1) is 0 Å².